The lowest BCUT2D eigenvalue weighted by molar-refractivity contribution is 0.520. The monoisotopic (exact) mass is 348 g/mol. The van der Waals surface area contributed by atoms with Crippen LogP contribution >= 0.6 is 0 Å². The summed E-state index contributed by atoms with van der Waals surface area (Å²) in [6.45, 7) is -1.06. The quantitative estimate of drug-likeness (QED) is 0.181. The minimum atomic E-state index is -3.38. The number of unbranched alkanes of at least 4 members (excludes halogenated alkanes) is 16. The van der Waals surface area contributed by atoms with Crippen molar-refractivity contribution < 1.29 is 13.7 Å². The standard InChI is InChI=1S/C24H50/c1-3-5-7-9-11-13-15-17-19-21-23-24-22-20-18-16-14-12-10-8-6-4-2/h3-24H2,1-2H3/i1D3,3D2,5D2,7D2,9D. The van der Waals surface area contributed by atoms with Crippen LogP contribution in [0.4, 0.5) is 0 Å². The molecular weight excluding hydrogens is 288 g/mol. The van der Waals surface area contributed by atoms with Crippen molar-refractivity contribution in [2.24, 2.45) is 0 Å². The first-order chi connectivity index (χ1) is 15.7. The molecule has 1 unspecified atom stereocenters. The Bertz CT molecular complexity index is 502. The molecule has 0 fully saturated rings. The maximum atomic E-state index is 8.04. The summed E-state index contributed by atoms with van der Waals surface area (Å²) in [4.78, 5) is 0. The Morgan fingerprint density at radius 2 is 0.875 bits per heavy atom. The molecule has 0 heterocycles. The lowest BCUT2D eigenvalue weighted by atomic mass is 10.0. The maximum absolute atomic E-state index is 8.04. The van der Waals surface area contributed by atoms with E-state index in [-0.39, 0.29) is 6.42 Å². The normalized spacial score (nSPS) is 21.0. The molecule has 0 bridgehead atoms. The van der Waals surface area contributed by atoms with Gasteiger partial charge in [-0.2, -0.15) is 0 Å². The van der Waals surface area contributed by atoms with Gasteiger partial charge in [0.1, 0.15) is 0 Å². The molecule has 0 aromatic carbocycles. The first-order valence-electron chi connectivity index (χ1n) is 15.7. The predicted molar refractivity (Wildman–Crippen MR) is 113 cm³/mol. The zero-order valence-corrected chi connectivity index (χ0v) is 16.3. The molecule has 0 aromatic heterocycles. The third-order valence-corrected chi connectivity index (χ3v) is 4.69. The van der Waals surface area contributed by atoms with Gasteiger partial charge in [-0.05, 0) is 0 Å². The molecule has 0 nitrogen and oxygen atoms in total. The van der Waals surface area contributed by atoms with Gasteiger partial charge in [0.25, 0.3) is 0 Å². The van der Waals surface area contributed by atoms with Crippen LogP contribution < -0.4 is 0 Å². The molecule has 0 saturated heterocycles. The Hall–Kier alpha value is 0. The van der Waals surface area contributed by atoms with E-state index in [4.69, 9.17) is 13.7 Å². The molecule has 0 aromatic rings. The second-order valence-corrected chi connectivity index (χ2v) is 7.04. The van der Waals surface area contributed by atoms with Crippen LogP contribution in [-0.4, -0.2) is 0 Å². The summed E-state index contributed by atoms with van der Waals surface area (Å²) < 4.78 is 76.7. The molecule has 0 saturated carbocycles. The first kappa shape index (κ1) is 11.7. The largest absolute Gasteiger partial charge is 0.0654 e. The van der Waals surface area contributed by atoms with E-state index in [2.05, 4.69) is 6.92 Å². The highest BCUT2D eigenvalue weighted by Gasteiger charge is 1.95. The molecule has 0 spiro atoms. The van der Waals surface area contributed by atoms with Gasteiger partial charge < -0.3 is 0 Å². The van der Waals surface area contributed by atoms with Gasteiger partial charge in [0, 0.05) is 13.7 Å². The summed E-state index contributed by atoms with van der Waals surface area (Å²) in [6, 6.07) is 0. The van der Waals surface area contributed by atoms with E-state index in [1.165, 1.54) is 83.5 Å². The van der Waals surface area contributed by atoms with Crippen molar-refractivity contribution >= 4 is 0 Å². The summed E-state index contributed by atoms with van der Waals surface area (Å²) in [7, 11) is 0. The molecule has 146 valence electrons. The van der Waals surface area contributed by atoms with Crippen LogP contribution in [0.3, 0.4) is 0 Å². The van der Waals surface area contributed by atoms with Crippen LogP contribution in [0.15, 0.2) is 0 Å². The minimum absolute atomic E-state index is 0.0855. The summed E-state index contributed by atoms with van der Waals surface area (Å²) >= 11 is 0. The third kappa shape index (κ3) is 22.0. The lowest BCUT2D eigenvalue weighted by Gasteiger charge is -2.04. The Kier molecular flexibility index (Phi) is 11.2. The molecule has 1 atom stereocenters. The van der Waals surface area contributed by atoms with Gasteiger partial charge in [-0.15, -0.1) is 0 Å². The van der Waals surface area contributed by atoms with Gasteiger partial charge in [-0.25, -0.2) is 0 Å². The number of hydrogen-bond acceptors (Lipinski definition) is 0. The molecule has 24 heavy (non-hydrogen) atoms. The van der Waals surface area contributed by atoms with Crippen LogP contribution in [0.1, 0.15) is 169 Å². The Labute approximate surface area is 169 Å². The van der Waals surface area contributed by atoms with Crippen molar-refractivity contribution in [1.82, 2.24) is 0 Å². The van der Waals surface area contributed by atoms with Gasteiger partial charge in [0.15, 0.2) is 0 Å². The topological polar surface area (TPSA) is 0 Å². The minimum Gasteiger partial charge on any atom is -0.0654 e. The number of rotatable bonds is 21. The molecule has 0 amide bonds. The molecule has 0 aliphatic carbocycles. The van der Waals surface area contributed by atoms with Crippen molar-refractivity contribution in [3.63, 3.8) is 0 Å². The van der Waals surface area contributed by atoms with E-state index in [1.54, 1.807) is 0 Å². The lowest BCUT2D eigenvalue weighted by Crippen LogP contribution is -1.84. The fourth-order valence-electron chi connectivity index (χ4n) is 3.13. The van der Waals surface area contributed by atoms with Crippen LogP contribution in [0, 0.1) is 0 Å². The predicted octanol–water partition coefficient (Wildman–Crippen LogP) is 9.61. The van der Waals surface area contributed by atoms with Gasteiger partial charge in [-0.1, -0.05) is 155 Å². The van der Waals surface area contributed by atoms with Gasteiger partial charge in [0.2, 0.25) is 0 Å². The van der Waals surface area contributed by atoms with Crippen molar-refractivity contribution in [2.75, 3.05) is 0 Å². The highest BCUT2D eigenvalue weighted by atomic mass is 14.0. The van der Waals surface area contributed by atoms with Gasteiger partial charge >= 0.3 is 0 Å². The van der Waals surface area contributed by atoms with Crippen molar-refractivity contribution in [3.8, 4) is 0 Å². The average molecular weight is 349 g/mol. The highest BCUT2D eigenvalue weighted by Crippen LogP contribution is 2.15. The van der Waals surface area contributed by atoms with E-state index in [9.17, 15) is 0 Å². The third-order valence-electron chi connectivity index (χ3n) is 4.69. The van der Waals surface area contributed by atoms with E-state index < -0.39 is 32.4 Å². The number of hydrogen-bond donors (Lipinski definition) is 0. The van der Waals surface area contributed by atoms with Crippen molar-refractivity contribution in [1.29, 1.82) is 0 Å². The SMILES string of the molecule is [2H]C(CCCCCCCCCCCCCCCCCCC)C([2H])([2H])C([2H])([2H])C([2H])([2H])C([2H])([2H])[2H]. The van der Waals surface area contributed by atoms with E-state index in [0.29, 0.717) is 6.42 Å². The molecular formula is C24H50. The molecule has 0 aliphatic heterocycles. The van der Waals surface area contributed by atoms with Crippen LogP contribution in [0.25, 0.3) is 0 Å². The van der Waals surface area contributed by atoms with Crippen LogP contribution in [0.2, 0.25) is 0 Å². The van der Waals surface area contributed by atoms with Crippen molar-refractivity contribution in [3.05, 3.63) is 0 Å². The van der Waals surface area contributed by atoms with E-state index >= 15 is 0 Å². The maximum Gasteiger partial charge on any atom is 0.0267 e. The highest BCUT2D eigenvalue weighted by molar-refractivity contribution is 4.50. The average Bonchev–Trinajstić information content (AvgIpc) is 2.74. The second-order valence-electron chi connectivity index (χ2n) is 7.04. The molecule has 0 heteroatoms. The first-order valence-corrected chi connectivity index (χ1v) is 10.7. The van der Waals surface area contributed by atoms with Crippen LogP contribution in [-0.2, 0) is 0 Å². The smallest absolute Gasteiger partial charge is 0.0267 e. The van der Waals surface area contributed by atoms with Gasteiger partial charge in [-0.3, -0.25) is 0 Å². The fourth-order valence-corrected chi connectivity index (χ4v) is 3.13. The summed E-state index contributed by atoms with van der Waals surface area (Å²) in [6.07, 6.45) is 9.66. The summed E-state index contributed by atoms with van der Waals surface area (Å²) in [5.74, 6) is 0. The van der Waals surface area contributed by atoms with Crippen LogP contribution in [0.5, 0.6) is 0 Å². The Morgan fingerprint density at radius 3 is 1.25 bits per heavy atom. The van der Waals surface area contributed by atoms with Gasteiger partial charge in [0.05, 0.1) is 0 Å². The molecule has 0 aliphatic rings. The zero-order chi connectivity index (χ0) is 26.3. The van der Waals surface area contributed by atoms with E-state index in [1.807, 2.05) is 0 Å². The Balaban J connectivity index is 3.85. The molecule has 0 N–H and O–H groups in total. The van der Waals surface area contributed by atoms with E-state index in [0.717, 1.165) is 19.3 Å². The summed E-state index contributed by atoms with van der Waals surface area (Å²) in [5, 5.41) is 0. The van der Waals surface area contributed by atoms with Crippen molar-refractivity contribution in [2.45, 2.75) is 155 Å². The molecule has 0 rings (SSSR count). The second kappa shape index (κ2) is 23.0. The fraction of sp³-hybridized carbons (Fsp3) is 1.00. The summed E-state index contributed by atoms with van der Waals surface area (Å²) in [5.41, 5.74) is 0. The Morgan fingerprint density at radius 1 is 0.500 bits per heavy atom. The molecule has 0 radical (unpaired) electrons. The zero-order valence-electron chi connectivity index (χ0n) is 26.3.